The smallest absolute Gasteiger partial charge is 0.120 e. The number of nitrogens with zero attached hydrogens (tertiary/aromatic N) is 1. The van der Waals surface area contributed by atoms with Crippen LogP contribution in [0.3, 0.4) is 0 Å². The molecule has 1 N–H and O–H groups in total. The van der Waals surface area contributed by atoms with Gasteiger partial charge in [0.05, 0.1) is 6.61 Å². The van der Waals surface area contributed by atoms with E-state index in [1.807, 2.05) is 38.2 Å². The van der Waals surface area contributed by atoms with E-state index in [1.165, 1.54) is 0 Å². The standard InChI is InChI=1S/C12H18BrNO2/c1-10(9-15)14(2)6-7-16-12-5-3-4-11(13)8-12/h3-5,8,10,15H,6-7,9H2,1-2H3. The van der Waals surface area contributed by atoms with E-state index in [0.717, 1.165) is 16.8 Å². The predicted molar refractivity (Wildman–Crippen MR) is 68.8 cm³/mol. The fraction of sp³-hybridized carbons (Fsp3) is 0.500. The Hall–Kier alpha value is -0.580. The van der Waals surface area contributed by atoms with Crippen molar-refractivity contribution in [2.45, 2.75) is 13.0 Å². The Morgan fingerprint density at radius 2 is 2.25 bits per heavy atom. The van der Waals surface area contributed by atoms with Gasteiger partial charge in [0.15, 0.2) is 0 Å². The first kappa shape index (κ1) is 13.5. The average molecular weight is 288 g/mol. The molecule has 0 saturated carbocycles. The van der Waals surface area contributed by atoms with Crippen LogP contribution in [0.25, 0.3) is 0 Å². The normalized spacial score (nSPS) is 12.8. The zero-order valence-electron chi connectivity index (χ0n) is 9.69. The molecule has 0 aromatic heterocycles. The Balaban J connectivity index is 2.30. The molecular weight excluding hydrogens is 270 g/mol. The van der Waals surface area contributed by atoms with Crippen LogP contribution in [0.4, 0.5) is 0 Å². The highest BCUT2D eigenvalue weighted by atomic mass is 79.9. The maximum absolute atomic E-state index is 8.97. The summed E-state index contributed by atoms with van der Waals surface area (Å²) in [6.45, 7) is 3.58. The summed E-state index contributed by atoms with van der Waals surface area (Å²) >= 11 is 3.39. The molecule has 0 amide bonds. The SMILES string of the molecule is CC(CO)N(C)CCOc1cccc(Br)c1. The highest BCUT2D eigenvalue weighted by molar-refractivity contribution is 9.10. The van der Waals surface area contributed by atoms with E-state index in [0.29, 0.717) is 6.61 Å². The third-order valence-electron chi connectivity index (χ3n) is 2.53. The van der Waals surface area contributed by atoms with Gasteiger partial charge in [-0.05, 0) is 32.2 Å². The number of aliphatic hydroxyl groups excluding tert-OH is 1. The number of aliphatic hydroxyl groups is 1. The molecular formula is C12H18BrNO2. The van der Waals surface area contributed by atoms with Crippen LogP contribution in [0.2, 0.25) is 0 Å². The summed E-state index contributed by atoms with van der Waals surface area (Å²) in [5.74, 6) is 0.861. The van der Waals surface area contributed by atoms with Gasteiger partial charge in [-0.2, -0.15) is 0 Å². The molecule has 0 aliphatic heterocycles. The molecule has 1 aromatic carbocycles. The Morgan fingerprint density at radius 1 is 1.50 bits per heavy atom. The Labute approximate surface area is 105 Å². The van der Waals surface area contributed by atoms with Gasteiger partial charge in [-0.3, -0.25) is 4.90 Å². The van der Waals surface area contributed by atoms with E-state index in [9.17, 15) is 0 Å². The lowest BCUT2D eigenvalue weighted by Crippen LogP contribution is -2.35. The lowest BCUT2D eigenvalue weighted by molar-refractivity contribution is 0.140. The maximum Gasteiger partial charge on any atom is 0.120 e. The molecule has 0 aliphatic rings. The first-order chi connectivity index (χ1) is 7.63. The average Bonchev–Trinajstić information content (AvgIpc) is 2.28. The maximum atomic E-state index is 8.97. The van der Waals surface area contributed by atoms with Crippen molar-refractivity contribution in [1.29, 1.82) is 0 Å². The number of ether oxygens (including phenoxy) is 1. The van der Waals surface area contributed by atoms with Crippen molar-refractivity contribution in [3.63, 3.8) is 0 Å². The summed E-state index contributed by atoms with van der Waals surface area (Å²) in [5.41, 5.74) is 0. The van der Waals surface area contributed by atoms with Crippen molar-refractivity contribution >= 4 is 15.9 Å². The molecule has 0 radical (unpaired) electrons. The molecule has 0 spiro atoms. The van der Waals surface area contributed by atoms with E-state index < -0.39 is 0 Å². The number of likely N-dealkylation sites (N-methyl/N-ethyl adjacent to an activating group) is 1. The van der Waals surface area contributed by atoms with Crippen molar-refractivity contribution in [3.05, 3.63) is 28.7 Å². The molecule has 3 nitrogen and oxygen atoms in total. The minimum atomic E-state index is 0.172. The van der Waals surface area contributed by atoms with Gasteiger partial charge in [-0.1, -0.05) is 22.0 Å². The molecule has 1 atom stereocenters. The minimum Gasteiger partial charge on any atom is -0.492 e. The van der Waals surface area contributed by atoms with Gasteiger partial charge >= 0.3 is 0 Å². The largest absolute Gasteiger partial charge is 0.492 e. The van der Waals surface area contributed by atoms with E-state index in [-0.39, 0.29) is 12.6 Å². The summed E-state index contributed by atoms with van der Waals surface area (Å²) in [4.78, 5) is 2.07. The molecule has 1 rings (SSSR count). The van der Waals surface area contributed by atoms with Gasteiger partial charge in [-0.25, -0.2) is 0 Å². The Kier molecular flexibility index (Phi) is 5.80. The summed E-state index contributed by atoms with van der Waals surface area (Å²) in [7, 11) is 1.98. The fourth-order valence-corrected chi connectivity index (χ4v) is 1.60. The summed E-state index contributed by atoms with van der Waals surface area (Å²) < 4.78 is 6.61. The quantitative estimate of drug-likeness (QED) is 0.870. The highest BCUT2D eigenvalue weighted by Crippen LogP contribution is 2.17. The second-order valence-corrected chi connectivity index (χ2v) is 4.73. The number of hydrogen-bond acceptors (Lipinski definition) is 3. The number of hydrogen-bond donors (Lipinski definition) is 1. The van der Waals surface area contributed by atoms with Gasteiger partial charge in [0.2, 0.25) is 0 Å². The second-order valence-electron chi connectivity index (χ2n) is 3.82. The molecule has 0 aliphatic carbocycles. The molecule has 1 unspecified atom stereocenters. The molecule has 16 heavy (non-hydrogen) atoms. The minimum absolute atomic E-state index is 0.172. The number of rotatable bonds is 6. The topological polar surface area (TPSA) is 32.7 Å². The fourth-order valence-electron chi connectivity index (χ4n) is 1.22. The van der Waals surface area contributed by atoms with Crippen LogP contribution in [0.15, 0.2) is 28.7 Å². The van der Waals surface area contributed by atoms with E-state index >= 15 is 0 Å². The molecule has 0 saturated heterocycles. The molecule has 0 heterocycles. The highest BCUT2D eigenvalue weighted by Gasteiger charge is 2.06. The van der Waals surface area contributed by atoms with Crippen LogP contribution in [0, 0.1) is 0 Å². The Morgan fingerprint density at radius 3 is 2.88 bits per heavy atom. The molecule has 0 fully saturated rings. The van der Waals surface area contributed by atoms with Crippen molar-refractivity contribution < 1.29 is 9.84 Å². The van der Waals surface area contributed by atoms with Gasteiger partial charge in [0.1, 0.15) is 12.4 Å². The van der Waals surface area contributed by atoms with Gasteiger partial charge in [-0.15, -0.1) is 0 Å². The van der Waals surface area contributed by atoms with Crippen LogP contribution < -0.4 is 4.74 Å². The summed E-state index contributed by atoms with van der Waals surface area (Å²) in [6.07, 6.45) is 0. The molecule has 1 aromatic rings. The predicted octanol–water partition coefficient (Wildman–Crippen LogP) is 2.14. The summed E-state index contributed by atoms with van der Waals surface area (Å²) in [6, 6.07) is 7.95. The van der Waals surface area contributed by atoms with Gasteiger partial charge in [0, 0.05) is 17.1 Å². The number of halogens is 1. The molecule has 4 heteroatoms. The van der Waals surface area contributed by atoms with Gasteiger partial charge in [0.25, 0.3) is 0 Å². The third-order valence-corrected chi connectivity index (χ3v) is 3.02. The zero-order chi connectivity index (χ0) is 12.0. The van der Waals surface area contributed by atoms with E-state index in [1.54, 1.807) is 0 Å². The van der Waals surface area contributed by atoms with Crippen LogP contribution in [0.5, 0.6) is 5.75 Å². The first-order valence-corrected chi connectivity index (χ1v) is 6.12. The monoisotopic (exact) mass is 287 g/mol. The van der Waals surface area contributed by atoms with Crippen LogP contribution in [-0.4, -0.2) is 42.9 Å². The lowest BCUT2D eigenvalue weighted by atomic mass is 10.3. The first-order valence-electron chi connectivity index (χ1n) is 5.33. The molecule has 0 bridgehead atoms. The van der Waals surface area contributed by atoms with E-state index in [2.05, 4.69) is 20.8 Å². The van der Waals surface area contributed by atoms with Crippen LogP contribution in [-0.2, 0) is 0 Å². The lowest BCUT2D eigenvalue weighted by Gasteiger charge is -2.22. The zero-order valence-corrected chi connectivity index (χ0v) is 11.3. The molecule has 90 valence electrons. The Bertz CT molecular complexity index is 320. The van der Waals surface area contributed by atoms with Crippen molar-refractivity contribution in [1.82, 2.24) is 4.90 Å². The van der Waals surface area contributed by atoms with Crippen LogP contribution in [0.1, 0.15) is 6.92 Å². The van der Waals surface area contributed by atoms with Crippen LogP contribution >= 0.6 is 15.9 Å². The van der Waals surface area contributed by atoms with E-state index in [4.69, 9.17) is 9.84 Å². The van der Waals surface area contributed by atoms with Crippen molar-refractivity contribution in [2.24, 2.45) is 0 Å². The van der Waals surface area contributed by atoms with Crippen molar-refractivity contribution in [2.75, 3.05) is 26.8 Å². The third kappa shape index (κ3) is 4.51. The second kappa shape index (κ2) is 6.89. The number of benzene rings is 1. The van der Waals surface area contributed by atoms with Gasteiger partial charge < -0.3 is 9.84 Å². The van der Waals surface area contributed by atoms with Crippen molar-refractivity contribution in [3.8, 4) is 5.75 Å². The summed E-state index contributed by atoms with van der Waals surface area (Å²) in [5, 5.41) is 8.97.